The molecule has 0 radical (unpaired) electrons. The number of rotatable bonds is 7. The number of aryl methyl sites for hydroxylation is 1. The molecule has 4 heteroatoms. The summed E-state index contributed by atoms with van der Waals surface area (Å²) in [6, 6.07) is 15.3. The second-order valence-electron chi connectivity index (χ2n) is 4.91. The highest BCUT2D eigenvalue weighted by Crippen LogP contribution is 2.21. The van der Waals surface area contributed by atoms with Crippen LogP contribution in [0.5, 0.6) is 5.75 Å². The van der Waals surface area contributed by atoms with Crippen molar-refractivity contribution in [3.8, 4) is 5.75 Å². The van der Waals surface area contributed by atoms with Crippen LogP contribution in [0.3, 0.4) is 0 Å². The molecule has 2 rings (SSSR count). The van der Waals surface area contributed by atoms with Crippen molar-refractivity contribution in [2.24, 2.45) is 0 Å². The van der Waals surface area contributed by atoms with Gasteiger partial charge in [0.1, 0.15) is 12.4 Å². The SMILES string of the molecule is Cc1cccc(OCCNCC(O)c2ccccc2Cl)c1. The number of benzene rings is 2. The van der Waals surface area contributed by atoms with Crippen molar-refractivity contribution in [1.29, 1.82) is 0 Å². The zero-order chi connectivity index (χ0) is 15.1. The minimum atomic E-state index is -0.613. The Bertz CT molecular complexity index is 574. The second-order valence-corrected chi connectivity index (χ2v) is 5.31. The average molecular weight is 306 g/mol. The van der Waals surface area contributed by atoms with Gasteiger partial charge in [-0.25, -0.2) is 0 Å². The summed E-state index contributed by atoms with van der Waals surface area (Å²) in [5.74, 6) is 0.864. The minimum absolute atomic E-state index is 0.445. The van der Waals surface area contributed by atoms with E-state index >= 15 is 0 Å². The summed E-state index contributed by atoms with van der Waals surface area (Å²) in [7, 11) is 0. The third-order valence-electron chi connectivity index (χ3n) is 3.14. The minimum Gasteiger partial charge on any atom is -0.492 e. The molecule has 0 aliphatic rings. The molecule has 112 valence electrons. The van der Waals surface area contributed by atoms with E-state index < -0.39 is 6.10 Å². The third kappa shape index (κ3) is 5.05. The largest absolute Gasteiger partial charge is 0.492 e. The van der Waals surface area contributed by atoms with Crippen LogP contribution in [0.1, 0.15) is 17.2 Å². The van der Waals surface area contributed by atoms with Crippen molar-refractivity contribution >= 4 is 11.6 Å². The van der Waals surface area contributed by atoms with E-state index in [1.54, 1.807) is 6.07 Å². The quantitative estimate of drug-likeness (QED) is 0.771. The average Bonchev–Trinajstić information content (AvgIpc) is 2.47. The van der Waals surface area contributed by atoms with Crippen molar-refractivity contribution in [3.63, 3.8) is 0 Å². The maximum Gasteiger partial charge on any atom is 0.119 e. The lowest BCUT2D eigenvalue weighted by Crippen LogP contribution is -2.26. The van der Waals surface area contributed by atoms with E-state index in [-0.39, 0.29) is 0 Å². The summed E-state index contributed by atoms with van der Waals surface area (Å²) < 4.78 is 5.63. The van der Waals surface area contributed by atoms with Crippen LogP contribution in [0.25, 0.3) is 0 Å². The first kappa shape index (κ1) is 15.8. The van der Waals surface area contributed by atoms with Gasteiger partial charge in [0.05, 0.1) is 6.10 Å². The van der Waals surface area contributed by atoms with Crippen LogP contribution in [-0.4, -0.2) is 24.8 Å². The van der Waals surface area contributed by atoms with Gasteiger partial charge in [-0.2, -0.15) is 0 Å². The molecule has 3 nitrogen and oxygen atoms in total. The predicted molar refractivity (Wildman–Crippen MR) is 86.0 cm³/mol. The summed E-state index contributed by atoms with van der Waals surface area (Å²) in [5.41, 5.74) is 1.92. The third-order valence-corrected chi connectivity index (χ3v) is 3.48. The van der Waals surface area contributed by atoms with Crippen LogP contribution in [-0.2, 0) is 0 Å². The van der Waals surface area contributed by atoms with Crippen LogP contribution < -0.4 is 10.1 Å². The van der Waals surface area contributed by atoms with Crippen LogP contribution in [0.2, 0.25) is 5.02 Å². The Morgan fingerprint density at radius 3 is 2.76 bits per heavy atom. The van der Waals surface area contributed by atoms with Crippen molar-refractivity contribution in [3.05, 3.63) is 64.7 Å². The van der Waals surface area contributed by atoms with E-state index in [0.29, 0.717) is 24.7 Å². The molecule has 0 aliphatic carbocycles. The first-order valence-corrected chi connectivity index (χ1v) is 7.37. The summed E-state index contributed by atoms with van der Waals surface area (Å²) in [6.07, 6.45) is -0.613. The Morgan fingerprint density at radius 1 is 1.19 bits per heavy atom. The van der Waals surface area contributed by atoms with E-state index in [2.05, 4.69) is 5.32 Å². The zero-order valence-electron chi connectivity index (χ0n) is 12.1. The van der Waals surface area contributed by atoms with E-state index in [0.717, 1.165) is 11.3 Å². The Balaban J connectivity index is 1.69. The van der Waals surface area contributed by atoms with Crippen LogP contribution in [0.15, 0.2) is 48.5 Å². The molecule has 0 amide bonds. The van der Waals surface area contributed by atoms with Gasteiger partial charge < -0.3 is 15.2 Å². The molecule has 1 unspecified atom stereocenters. The first-order valence-electron chi connectivity index (χ1n) is 6.99. The van der Waals surface area contributed by atoms with Gasteiger partial charge in [0, 0.05) is 23.7 Å². The second kappa shape index (κ2) is 8.03. The molecule has 1 atom stereocenters. The smallest absolute Gasteiger partial charge is 0.119 e. The van der Waals surface area contributed by atoms with Gasteiger partial charge in [0.15, 0.2) is 0 Å². The number of ether oxygens (including phenoxy) is 1. The Kier molecular flexibility index (Phi) is 6.05. The predicted octanol–water partition coefficient (Wildman–Crippen LogP) is 3.35. The van der Waals surface area contributed by atoms with Crippen molar-refractivity contribution < 1.29 is 9.84 Å². The van der Waals surface area contributed by atoms with Gasteiger partial charge >= 0.3 is 0 Å². The molecule has 0 aromatic heterocycles. The number of nitrogens with one attached hydrogen (secondary N) is 1. The maximum atomic E-state index is 10.1. The molecule has 0 aliphatic heterocycles. The molecular formula is C17H20ClNO2. The topological polar surface area (TPSA) is 41.5 Å². The fourth-order valence-corrected chi connectivity index (χ4v) is 2.30. The molecule has 0 fully saturated rings. The highest BCUT2D eigenvalue weighted by atomic mass is 35.5. The normalized spacial score (nSPS) is 12.1. The summed E-state index contributed by atoms with van der Waals surface area (Å²) in [5, 5.41) is 13.8. The van der Waals surface area contributed by atoms with E-state index in [1.165, 1.54) is 5.56 Å². The number of aliphatic hydroxyl groups is 1. The molecule has 0 saturated carbocycles. The van der Waals surface area contributed by atoms with Gasteiger partial charge in [-0.1, -0.05) is 41.9 Å². The molecule has 2 aromatic carbocycles. The Morgan fingerprint density at radius 2 is 2.00 bits per heavy atom. The zero-order valence-corrected chi connectivity index (χ0v) is 12.8. The summed E-state index contributed by atoms with van der Waals surface area (Å²) in [4.78, 5) is 0. The van der Waals surface area contributed by atoms with Crippen molar-refractivity contribution in [1.82, 2.24) is 5.32 Å². The standard InChI is InChI=1S/C17H20ClNO2/c1-13-5-4-6-14(11-13)21-10-9-19-12-17(20)15-7-2-3-8-16(15)18/h2-8,11,17,19-20H,9-10,12H2,1H3. The molecular weight excluding hydrogens is 286 g/mol. The molecule has 2 N–H and O–H groups in total. The molecule has 21 heavy (non-hydrogen) atoms. The lowest BCUT2D eigenvalue weighted by atomic mass is 10.1. The highest BCUT2D eigenvalue weighted by molar-refractivity contribution is 6.31. The first-order chi connectivity index (χ1) is 10.2. The fraction of sp³-hybridized carbons (Fsp3) is 0.294. The van der Waals surface area contributed by atoms with E-state index in [1.807, 2.05) is 49.4 Å². The molecule has 0 bridgehead atoms. The molecule has 2 aromatic rings. The molecule has 0 spiro atoms. The van der Waals surface area contributed by atoms with E-state index in [4.69, 9.17) is 16.3 Å². The number of hydrogen-bond acceptors (Lipinski definition) is 3. The number of hydrogen-bond donors (Lipinski definition) is 2. The van der Waals surface area contributed by atoms with E-state index in [9.17, 15) is 5.11 Å². The Hall–Kier alpha value is -1.55. The number of aliphatic hydroxyl groups excluding tert-OH is 1. The van der Waals surface area contributed by atoms with Gasteiger partial charge in [-0.15, -0.1) is 0 Å². The lowest BCUT2D eigenvalue weighted by Gasteiger charge is -2.14. The number of halogens is 1. The van der Waals surface area contributed by atoms with Gasteiger partial charge in [-0.3, -0.25) is 0 Å². The van der Waals surface area contributed by atoms with Crippen LogP contribution in [0.4, 0.5) is 0 Å². The summed E-state index contributed by atoms with van der Waals surface area (Å²) in [6.45, 7) is 3.69. The lowest BCUT2D eigenvalue weighted by molar-refractivity contribution is 0.172. The maximum absolute atomic E-state index is 10.1. The van der Waals surface area contributed by atoms with Gasteiger partial charge in [0.25, 0.3) is 0 Å². The van der Waals surface area contributed by atoms with Crippen LogP contribution in [0, 0.1) is 6.92 Å². The van der Waals surface area contributed by atoms with Crippen molar-refractivity contribution in [2.75, 3.05) is 19.7 Å². The molecule has 0 heterocycles. The monoisotopic (exact) mass is 305 g/mol. The van der Waals surface area contributed by atoms with Crippen molar-refractivity contribution in [2.45, 2.75) is 13.0 Å². The van der Waals surface area contributed by atoms with Gasteiger partial charge in [-0.05, 0) is 30.7 Å². The fourth-order valence-electron chi connectivity index (χ4n) is 2.04. The van der Waals surface area contributed by atoms with Gasteiger partial charge in [0.2, 0.25) is 0 Å². The summed E-state index contributed by atoms with van der Waals surface area (Å²) >= 11 is 6.04. The highest BCUT2D eigenvalue weighted by Gasteiger charge is 2.09. The molecule has 0 saturated heterocycles. The Labute approximate surface area is 130 Å². The van der Waals surface area contributed by atoms with Crippen LogP contribution >= 0.6 is 11.6 Å².